The fourth-order valence-electron chi connectivity index (χ4n) is 6.18. The fourth-order valence-corrected chi connectivity index (χ4v) is 6.71. The third-order valence-electron chi connectivity index (χ3n) is 7.99. The van der Waals surface area contributed by atoms with Crippen LogP contribution in [0, 0.1) is 5.82 Å². The Morgan fingerprint density at radius 1 is 1.09 bits per heavy atom. The number of hydrogen-bond acceptors (Lipinski definition) is 4. The highest BCUT2D eigenvalue weighted by molar-refractivity contribution is 9.10. The van der Waals surface area contributed by atoms with Crippen LogP contribution in [0.2, 0.25) is 0 Å². The van der Waals surface area contributed by atoms with E-state index in [1.807, 2.05) is 22.6 Å². The smallest absolute Gasteiger partial charge is 0.283 e. The third kappa shape index (κ3) is 3.90. The highest BCUT2D eigenvalue weighted by Gasteiger charge is 2.28. The summed E-state index contributed by atoms with van der Waals surface area (Å²) in [4.78, 5) is 20.0. The van der Waals surface area contributed by atoms with E-state index in [0.29, 0.717) is 15.6 Å². The van der Waals surface area contributed by atoms with Gasteiger partial charge >= 0.3 is 0 Å². The fraction of sp³-hybridized carbons (Fsp3) is 0.481. The minimum atomic E-state index is -0.251. The summed E-state index contributed by atoms with van der Waals surface area (Å²) < 4.78 is 25.9. The molecule has 0 atom stereocenters. The van der Waals surface area contributed by atoms with Crippen molar-refractivity contribution in [3.63, 3.8) is 0 Å². The van der Waals surface area contributed by atoms with E-state index < -0.39 is 0 Å². The van der Waals surface area contributed by atoms with Gasteiger partial charge in [0.1, 0.15) is 5.82 Å². The van der Waals surface area contributed by atoms with Crippen LogP contribution >= 0.6 is 15.9 Å². The van der Waals surface area contributed by atoms with Crippen molar-refractivity contribution < 1.29 is 9.13 Å². The van der Waals surface area contributed by atoms with E-state index in [9.17, 15) is 4.79 Å². The van der Waals surface area contributed by atoms with Crippen LogP contribution in [-0.2, 0) is 4.74 Å². The van der Waals surface area contributed by atoms with E-state index in [4.69, 9.17) is 4.74 Å². The van der Waals surface area contributed by atoms with Crippen LogP contribution in [0.25, 0.3) is 27.7 Å². The van der Waals surface area contributed by atoms with E-state index >= 15 is 4.39 Å². The molecule has 0 unspecified atom stereocenters. The first-order valence-electron chi connectivity index (χ1n) is 12.6. The highest BCUT2D eigenvalue weighted by atomic mass is 79.9. The van der Waals surface area contributed by atoms with Crippen molar-refractivity contribution in [1.29, 1.82) is 0 Å². The highest BCUT2D eigenvalue weighted by Crippen LogP contribution is 2.39. The van der Waals surface area contributed by atoms with Gasteiger partial charge in [0.2, 0.25) is 5.78 Å². The number of methoxy groups -OCH3 is 1. The molecule has 6 nitrogen and oxygen atoms in total. The molecule has 3 heterocycles. The van der Waals surface area contributed by atoms with E-state index in [1.54, 1.807) is 13.2 Å². The second kappa shape index (κ2) is 9.30. The Balaban J connectivity index is 1.54. The van der Waals surface area contributed by atoms with Crippen LogP contribution < -0.4 is 5.56 Å². The standard InChI is InChI=1S/C27H30BrFN4O2/c1-35-14-13-31-11-9-17(10-12-31)19-15-23-24(16-21(19)29)33-22-8-4-7-20(28)25(22)26(34)30-27(33)32(23)18-5-2-3-6-18/h4,7-8,15-18H,2-3,5-6,9-14H2,1H3. The summed E-state index contributed by atoms with van der Waals surface area (Å²) in [6.45, 7) is 3.54. The van der Waals surface area contributed by atoms with Crippen LogP contribution in [0.4, 0.5) is 4.39 Å². The summed E-state index contributed by atoms with van der Waals surface area (Å²) >= 11 is 3.52. The van der Waals surface area contributed by atoms with E-state index in [2.05, 4.69) is 36.4 Å². The van der Waals surface area contributed by atoms with Crippen LogP contribution in [-0.4, -0.2) is 52.2 Å². The van der Waals surface area contributed by atoms with Gasteiger partial charge in [-0.3, -0.25) is 9.20 Å². The number of fused-ring (bicyclic) bond motifs is 5. The van der Waals surface area contributed by atoms with Crippen LogP contribution in [0.1, 0.15) is 56.0 Å². The van der Waals surface area contributed by atoms with Gasteiger partial charge in [-0.25, -0.2) is 4.39 Å². The Bertz CT molecular complexity index is 1470. The lowest BCUT2D eigenvalue weighted by Gasteiger charge is -2.32. The maximum atomic E-state index is 15.7. The molecule has 0 amide bonds. The molecule has 1 saturated carbocycles. The summed E-state index contributed by atoms with van der Waals surface area (Å²) in [6.07, 6.45) is 6.29. The number of ether oxygens (including phenoxy) is 1. The Hall–Kier alpha value is -2.29. The van der Waals surface area contributed by atoms with Crippen LogP contribution in [0.5, 0.6) is 0 Å². The number of imidazole rings is 1. The van der Waals surface area contributed by atoms with Crippen molar-refractivity contribution in [3.8, 4) is 0 Å². The second-order valence-corrected chi connectivity index (χ2v) is 10.8. The molecule has 2 fully saturated rings. The first-order valence-corrected chi connectivity index (χ1v) is 13.4. The third-order valence-corrected chi connectivity index (χ3v) is 8.65. The molecule has 2 aliphatic rings. The van der Waals surface area contributed by atoms with Gasteiger partial charge in [-0.15, -0.1) is 0 Å². The summed E-state index contributed by atoms with van der Waals surface area (Å²) in [5.74, 6) is 0.640. The molecule has 184 valence electrons. The molecule has 2 aromatic carbocycles. The molecule has 8 heteroatoms. The normalized spacial score (nSPS) is 18.5. The van der Waals surface area contributed by atoms with Gasteiger partial charge < -0.3 is 14.2 Å². The maximum Gasteiger partial charge on any atom is 0.283 e. The molecular weight excluding hydrogens is 511 g/mol. The number of benzene rings is 2. The topological polar surface area (TPSA) is 51.8 Å². The van der Waals surface area contributed by atoms with Crippen LogP contribution in [0.15, 0.2) is 39.6 Å². The second-order valence-electron chi connectivity index (χ2n) is 9.97. The molecule has 0 spiro atoms. The van der Waals surface area contributed by atoms with Gasteiger partial charge in [-0.05, 0) is 84.4 Å². The van der Waals surface area contributed by atoms with E-state index in [-0.39, 0.29) is 23.3 Å². The van der Waals surface area contributed by atoms with Crippen molar-refractivity contribution in [1.82, 2.24) is 18.9 Å². The summed E-state index contributed by atoms with van der Waals surface area (Å²) in [5, 5.41) is 0.531. The quantitative estimate of drug-likeness (QED) is 0.328. The number of nitrogens with zero attached hydrogens (tertiary/aromatic N) is 4. The van der Waals surface area contributed by atoms with Crippen molar-refractivity contribution in [2.45, 2.75) is 50.5 Å². The zero-order valence-electron chi connectivity index (χ0n) is 20.0. The predicted octanol–water partition coefficient (Wildman–Crippen LogP) is 5.64. The van der Waals surface area contributed by atoms with Gasteiger partial charge in [-0.1, -0.05) is 18.9 Å². The predicted molar refractivity (Wildman–Crippen MR) is 140 cm³/mol. The van der Waals surface area contributed by atoms with Gasteiger partial charge in [-0.2, -0.15) is 4.98 Å². The number of likely N-dealkylation sites (tertiary alicyclic amines) is 1. The lowest BCUT2D eigenvalue weighted by molar-refractivity contribution is 0.130. The number of halogens is 2. The zero-order chi connectivity index (χ0) is 24.1. The monoisotopic (exact) mass is 540 g/mol. The Morgan fingerprint density at radius 2 is 1.86 bits per heavy atom. The molecule has 6 rings (SSSR count). The molecule has 35 heavy (non-hydrogen) atoms. The van der Waals surface area contributed by atoms with Crippen molar-refractivity contribution in [3.05, 3.63) is 56.5 Å². The van der Waals surface area contributed by atoms with Gasteiger partial charge in [0.15, 0.2) is 0 Å². The van der Waals surface area contributed by atoms with Gasteiger partial charge in [0.25, 0.3) is 5.56 Å². The Kier molecular flexibility index (Phi) is 6.15. The molecule has 1 saturated heterocycles. The lowest BCUT2D eigenvalue weighted by Crippen LogP contribution is -2.35. The lowest BCUT2D eigenvalue weighted by atomic mass is 9.88. The number of aromatic nitrogens is 3. The van der Waals surface area contributed by atoms with Gasteiger partial charge in [0.05, 0.1) is 28.5 Å². The Morgan fingerprint density at radius 3 is 2.60 bits per heavy atom. The van der Waals surface area contributed by atoms with Crippen molar-refractivity contribution in [2.24, 2.45) is 0 Å². The number of piperidine rings is 1. The summed E-state index contributed by atoms with van der Waals surface area (Å²) in [7, 11) is 1.73. The molecule has 1 aliphatic carbocycles. The molecule has 0 bridgehead atoms. The maximum absolute atomic E-state index is 15.7. The van der Waals surface area contributed by atoms with Crippen molar-refractivity contribution >= 4 is 43.6 Å². The van der Waals surface area contributed by atoms with E-state index in [1.165, 1.54) is 0 Å². The van der Waals surface area contributed by atoms with Crippen LogP contribution in [0.3, 0.4) is 0 Å². The molecule has 0 N–H and O–H groups in total. The molecule has 4 aromatic rings. The first-order chi connectivity index (χ1) is 17.1. The zero-order valence-corrected chi connectivity index (χ0v) is 21.6. The minimum absolute atomic E-state index is 0.167. The summed E-state index contributed by atoms with van der Waals surface area (Å²) in [6, 6.07) is 9.70. The largest absolute Gasteiger partial charge is 0.383 e. The molecule has 1 aliphatic heterocycles. The molecule has 0 radical (unpaired) electrons. The SMILES string of the molecule is COCCN1CCC(c2cc3c(cc2F)n2c4cccc(Br)c4c(=O)nc2n3C2CCCC2)CC1. The van der Waals surface area contributed by atoms with E-state index in [0.717, 1.165) is 86.9 Å². The number of hydrogen-bond donors (Lipinski definition) is 0. The van der Waals surface area contributed by atoms with Crippen molar-refractivity contribution in [2.75, 3.05) is 33.4 Å². The molecule has 2 aromatic heterocycles. The average Bonchev–Trinajstić information content (AvgIpc) is 3.48. The average molecular weight is 541 g/mol. The van der Waals surface area contributed by atoms with Gasteiger partial charge in [0, 0.05) is 30.2 Å². The molecular formula is C27H30BrFN4O2. The Labute approximate surface area is 211 Å². The summed E-state index contributed by atoms with van der Waals surface area (Å²) in [5.41, 5.74) is 3.06. The number of rotatable bonds is 5. The minimum Gasteiger partial charge on any atom is -0.383 e. The first kappa shape index (κ1) is 23.1.